The number of anilines is 1. The van der Waals surface area contributed by atoms with Crippen molar-refractivity contribution in [2.24, 2.45) is 11.8 Å². The van der Waals surface area contributed by atoms with Crippen LogP contribution in [-0.4, -0.2) is 41.2 Å². The summed E-state index contributed by atoms with van der Waals surface area (Å²) < 4.78 is 0. The van der Waals surface area contributed by atoms with Gasteiger partial charge in [-0.25, -0.2) is 0 Å². The van der Waals surface area contributed by atoms with E-state index in [1.54, 1.807) is 16.2 Å². The molecule has 0 spiro atoms. The van der Waals surface area contributed by atoms with Crippen LogP contribution < -0.4 is 10.6 Å². The Balaban J connectivity index is 1.50. The SMILES string of the molecule is CC[C@@H](C)C(=O)N[C@H](C(=O)N1CCC[C@H]1C(=O)Nc1ccsc1-c1ccccc1)C1CCCCC1. The molecule has 1 aliphatic carbocycles. The number of likely N-dealkylation sites (tertiary alicyclic amines) is 1. The second-order valence-corrected chi connectivity index (χ2v) is 10.8. The van der Waals surface area contributed by atoms with Crippen molar-refractivity contribution in [2.75, 3.05) is 11.9 Å². The molecule has 2 fully saturated rings. The third-order valence-corrected chi connectivity index (χ3v) is 8.51. The Morgan fingerprint density at radius 3 is 2.49 bits per heavy atom. The summed E-state index contributed by atoms with van der Waals surface area (Å²) >= 11 is 1.59. The Morgan fingerprint density at radius 1 is 1.03 bits per heavy atom. The predicted molar refractivity (Wildman–Crippen MR) is 141 cm³/mol. The number of benzene rings is 1. The molecule has 0 bridgehead atoms. The maximum atomic E-state index is 13.8. The maximum Gasteiger partial charge on any atom is 0.247 e. The smallest absolute Gasteiger partial charge is 0.247 e. The summed E-state index contributed by atoms with van der Waals surface area (Å²) in [4.78, 5) is 42.7. The minimum Gasteiger partial charge on any atom is -0.344 e. The summed E-state index contributed by atoms with van der Waals surface area (Å²) in [6.45, 7) is 4.43. The fourth-order valence-corrected chi connectivity index (χ4v) is 6.11. The van der Waals surface area contributed by atoms with Gasteiger partial charge < -0.3 is 15.5 Å². The molecule has 1 saturated carbocycles. The molecule has 1 saturated heterocycles. The van der Waals surface area contributed by atoms with Gasteiger partial charge in [-0.05, 0) is 55.0 Å². The first-order valence-corrected chi connectivity index (χ1v) is 13.9. The summed E-state index contributed by atoms with van der Waals surface area (Å²) in [6, 6.07) is 10.9. The standard InChI is InChI=1S/C28H37N3O3S/c1-3-19(2)26(32)30-24(20-11-6-4-7-12-20)28(34)31-17-10-15-23(31)27(33)29-22-16-18-35-25(22)21-13-8-5-9-14-21/h5,8-9,13-14,16,18-20,23-24H,3-4,6-7,10-12,15,17H2,1-2H3,(H,29,33)(H,30,32)/t19-,23+,24+/m1/s1. The van der Waals surface area contributed by atoms with E-state index in [1.165, 1.54) is 6.42 Å². The quantitative estimate of drug-likeness (QED) is 0.511. The number of hydrogen-bond donors (Lipinski definition) is 2. The van der Waals surface area contributed by atoms with Gasteiger partial charge in [0.25, 0.3) is 0 Å². The topological polar surface area (TPSA) is 78.5 Å². The van der Waals surface area contributed by atoms with Crippen LogP contribution in [0.3, 0.4) is 0 Å². The van der Waals surface area contributed by atoms with Crippen LogP contribution in [0.25, 0.3) is 10.4 Å². The summed E-state index contributed by atoms with van der Waals surface area (Å²) in [5, 5.41) is 8.15. The number of carbonyl (C=O) groups excluding carboxylic acids is 3. The highest BCUT2D eigenvalue weighted by Gasteiger charge is 2.41. The molecule has 2 aliphatic rings. The van der Waals surface area contributed by atoms with Gasteiger partial charge in [-0.1, -0.05) is 63.4 Å². The van der Waals surface area contributed by atoms with Crippen LogP contribution in [0.1, 0.15) is 65.2 Å². The molecule has 2 aromatic rings. The molecule has 3 atom stereocenters. The summed E-state index contributed by atoms with van der Waals surface area (Å²) in [5.74, 6) is -0.319. The average Bonchev–Trinajstić information content (AvgIpc) is 3.57. The summed E-state index contributed by atoms with van der Waals surface area (Å²) in [6.07, 6.45) is 7.38. The molecule has 0 unspecified atom stereocenters. The molecular weight excluding hydrogens is 458 g/mol. The lowest BCUT2D eigenvalue weighted by atomic mass is 9.83. The van der Waals surface area contributed by atoms with Crippen LogP contribution in [0.15, 0.2) is 41.8 Å². The lowest BCUT2D eigenvalue weighted by Crippen LogP contribution is -2.56. The van der Waals surface area contributed by atoms with E-state index in [2.05, 4.69) is 10.6 Å². The molecule has 0 radical (unpaired) electrons. The highest BCUT2D eigenvalue weighted by atomic mass is 32.1. The second-order valence-electron chi connectivity index (χ2n) is 9.90. The first kappa shape index (κ1) is 25.4. The Morgan fingerprint density at radius 2 is 1.77 bits per heavy atom. The lowest BCUT2D eigenvalue weighted by Gasteiger charge is -2.35. The molecule has 6 nitrogen and oxygen atoms in total. The van der Waals surface area contributed by atoms with Gasteiger partial charge in [-0.2, -0.15) is 0 Å². The monoisotopic (exact) mass is 495 g/mol. The van der Waals surface area contributed by atoms with E-state index >= 15 is 0 Å². The van der Waals surface area contributed by atoms with Crippen molar-refractivity contribution in [2.45, 2.75) is 77.3 Å². The molecule has 1 aromatic carbocycles. The normalized spacial score (nSPS) is 20.3. The first-order chi connectivity index (χ1) is 17.0. The molecule has 4 rings (SSSR count). The van der Waals surface area contributed by atoms with Gasteiger partial charge in [0.05, 0.1) is 10.6 Å². The lowest BCUT2D eigenvalue weighted by molar-refractivity contribution is -0.142. The van der Waals surface area contributed by atoms with Crippen molar-refractivity contribution in [3.63, 3.8) is 0 Å². The van der Waals surface area contributed by atoms with Gasteiger partial charge in [0.15, 0.2) is 0 Å². The predicted octanol–water partition coefficient (Wildman–Crippen LogP) is 5.46. The number of thiophene rings is 1. The van der Waals surface area contributed by atoms with Crippen molar-refractivity contribution < 1.29 is 14.4 Å². The Hall–Kier alpha value is -2.67. The third-order valence-electron chi connectivity index (χ3n) is 7.54. The number of nitrogens with zero attached hydrogens (tertiary/aromatic N) is 1. The zero-order chi connectivity index (χ0) is 24.8. The summed E-state index contributed by atoms with van der Waals surface area (Å²) in [7, 11) is 0. The highest BCUT2D eigenvalue weighted by Crippen LogP contribution is 2.34. The fraction of sp³-hybridized carbons (Fsp3) is 0.536. The van der Waals surface area contributed by atoms with E-state index in [9.17, 15) is 14.4 Å². The van der Waals surface area contributed by atoms with Gasteiger partial charge in [-0.3, -0.25) is 14.4 Å². The van der Waals surface area contributed by atoms with Crippen molar-refractivity contribution >= 4 is 34.7 Å². The van der Waals surface area contributed by atoms with Crippen molar-refractivity contribution in [1.29, 1.82) is 0 Å². The van der Waals surface area contributed by atoms with Crippen LogP contribution in [0, 0.1) is 11.8 Å². The first-order valence-electron chi connectivity index (χ1n) is 13.0. The van der Waals surface area contributed by atoms with Crippen molar-refractivity contribution in [1.82, 2.24) is 10.2 Å². The molecule has 188 valence electrons. The Labute approximate surface area is 212 Å². The maximum absolute atomic E-state index is 13.8. The minimum absolute atomic E-state index is 0.0672. The van der Waals surface area contributed by atoms with E-state index in [1.807, 2.05) is 55.6 Å². The number of carbonyl (C=O) groups is 3. The van der Waals surface area contributed by atoms with Crippen molar-refractivity contribution in [3.8, 4) is 10.4 Å². The fourth-order valence-electron chi connectivity index (χ4n) is 5.25. The molecule has 2 heterocycles. The molecule has 1 aliphatic heterocycles. The van der Waals surface area contributed by atoms with Crippen LogP contribution in [0.4, 0.5) is 5.69 Å². The average molecular weight is 496 g/mol. The van der Waals surface area contributed by atoms with Crippen LogP contribution >= 0.6 is 11.3 Å². The molecule has 2 N–H and O–H groups in total. The zero-order valence-electron chi connectivity index (χ0n) is 20.8. The number of amides is 3. The van der Waals surface area contributed by atoms with Gasteiger partial charge in [0.2, 0.25) is 17.7 Å². The summed E-state index contributed by atoms with van der Waals surface area (Å²) in [5.41, 5.74) is 1.83. The van der Waals surface area contributed by atoms with Crippen LogP contribution in [-0.2, 0) is 14.4 Å². The molecule has 3 amide bonds. The molecule has 1 aromatic heterocycles. The van der Waals surface area contributed by atoms with E-state index in [0.29, 0.717) is 13.0 Å². The molecular formula is C28H37N3O3S. The number of hydrogen-bond acceptors (Lipinski definition) is 4. The van der Waals surface area contributed by atoms with Gasteiger partial charge in [0, 0.05) is 12.5 Å². The van der Waals surface area contributed by atoms with E-state index in [0.717, 1.165) is 54.7 Å². The Kier molecular flexibility index (Phi) is 8.60. The highest BCUT2D eigenvalue weighted by molar-refractivity contribution is 7.14. The minimum atomic E-state index is -0.550. The van der Waals surface area contributed by atoms with Crippen molar-refractivity contribution in [3.05, 3.63) is 41.8 Å². The number of nitrogens with one attached hydrogen (secondary N) is 2. The van der Waals surface area contributed by atoms with Gasteiger partial charge in [0.1, 0.15) is 12.1 Å². The largest absolute Gasteiger partial charge is 0.344 e. The second kappa shape index (κ2) is 11.8. The van der Waals surface area contributed by atoms with E-state index < -0.39 is 12.1 Å². The van der Waals surface area contributed by atoms with Gasteiger partial charge >= 0.3 is 0 Å². The molecule has 35 heavy (non-hydrogen) atoms. The molecule has 7 heteroatoms. The third kappa shape index (κ3) is 5.95. The van der Waals surface area contributed by atoms with Gasteiger partial charge in [-0.15, -0.1) is 11.3 Å². The zero-order valence-corrected chi connectivity index (χ0v) is 21.6. The Bertz CT molecular complexity index is 1020. The van der Waals surface area contributed by atoms with Crippen LogP contribution in [0.5, 0.6) is 0 Å². The van der Waals surface area contributed by atoms with E-state index in [4.69, 9.17) is 0 Å². The van der Waals surface area contributed by atoms with Crippen LogP contribution in [0.2, 0.25) is 0 Å². The van der Waals surface area contributed by atoms with E-state index in [-0.39, 0.29) is 29.6 Å². The number of rotatable bonds is 8.